The van der Waals surface area contributed by atoms with E-state index in [2.05, 4.69) is 9.47 Å². The fourth-order valence-corrected chi connectivity index (χ4v) is 3.54. The van der Waals surface area contributed by atoms with Crippen molar-refractivity contribution in [1.29, 1.82) is 0 Å². The topological polar surface area (TPSA) is 91.7 Å². The molecule has 0 bridgehead atoms. The van der Waals surface area contributed by atoms with Crippen LogP contribution in [0, 0.1) is 0 Å². The molecule has 1 aliphatic carbocycles. The molecule has 1 aliphatic rings. The molecule has 1 aromatic rings. The number of esters is 2. The Morgan fingerprint density at radius 3 is 2.24 bits per heavy atom. The summed E-state index contributed by atoms with van der Waals surface area (Å²) in [5, 5.41) is 0. The van der Waals surface area contributed by atoms with Gasteiger partial charge in [0.2, 0.25) is 0 Å². The predicted molar refractivity (Wildman–Crippen MR) is 94.5 cm³/mol. The molecule has 1 fully saturated rings. The average molecular weight is 417 g/mol. The van der Waals surface area contributed by atoms with E-state index in [1.165, 1.54) is 0 Å². The third kappa shape index (κ3) is 5.24. The number of hydrogen-bond donors (Lipinski definition) is 0. The third-order valence-corrected chi connectivity index (χ3v) is 4.92. The van der Waals surface area contributed by atoms with Crippen molar-refractivity contribution in [3.63, 3.8) is 0 Å². The van der Waals surface area contributed by atoms with Crippen LogP contribution in [0.4, 0.5) is 13.2 Å². The predicted octanol–water partition coefficient (Wildman–Crippen LogP) is 2.83. The van der Waals surface area contributed by atoms with Crippen molar-refractivity contribution in [1.82, 2.24) is 4.57 Å². The lowest BCUT2D eigenvalue weighted by molar-refractivity contribution is -0.145. The highest BCUT2D eigenvalue weighted by atomic mass is 19.4. The highest BCUT2D eigenvalue weighted by Crippen LogP contribution is 2.35. The summed E-state index contributed by atoms with van der Waals surface area (Å²) >= 11 is 0. The van der Waals surface area contributed by atoms with Crippen molar-refractivity contribution in [3.05, 3.63) is 33.2 Å². The summed E-state index contributed by atoms with van der Waals surface area (Å²) in [6.07, 6.45) is -3.25. The van der Waals surface area contributed by atoms with Crippen LogP contribution < -0.4 is 5.56 Å². The molecule has 7 nitrogen and oxygen atoms in total. The zero-order valence-corrected chi connectivity index (χ0v) is 16.1. The number of nitrogens with zero attached hydrogens (tertiary/aromatic N) is 1. The second kappa shape index (κ2) is 9.23. The van der Waals surface area contributed by atoms with E-state index in [-0.39, 0.29) is 0 Å². The Kier molecular flexibility index (Phi) is 7.21. The highest BCUT2D eigenvalue weighted by Gasteiger charge is 2.39. The van der Waals surface area contributed by atoms with Crippen molar-refractivity contribution in [2.24, 2.45) is 0 Å². The Labute approximate surface area is 164 Å². The van der Waals surface area contributed by atoms with E-state index >= 15 is 0 Å². The maximum Gasteiger partial charge on any atom is 0.431 e. The standard InChI is InChI=1S/C19H22F3NO6/c1-28-16(25)9-12(24)8-13-14(18(27)29-2)10-15(19(20,21)22)23(17(13)26)11-6-4-3-5-7-11/h10-11H,3-9H2,1-2H3. The van der Waals surface area contributed by atoms with Gasteiger partial charge in [0.05, 0.1) is 19.8 Å². The van der Waals surface area contributed by atoms with E-state index in [1.807, 2.05) is 0 Å². The van der Waals surface area contributed by atoms with Gasteiger partial charge in [0.15, 0.2) is 0 Å². The number of ketones is 1. The minimum atomic E-state index is -4.88. The quantitative estimate of drug-likeness (QED) is 0.522. The Hall–Kier alpha value is -2.65. The molecule has 2 rings (SSSR count). The first-order chi connectivity index (χ1) is 13.6. The zero-order valence-electron chi connectivity index (χ0n) is 16.1. The summed E-state index contributed by atoms with van der Waals surface area (Å²) in [6, 6.07) is -0.128. The van der Waals surface area contributed by atoms with E-state index in [0.29, 0.717) is 36.3 Å². The van der Waals surface area contributed by atoms with Crippen molar-refractivity contribution >= 4 is 17.7 Å². The lowest BCUT2D eigenvalue weighted by atomic mass is 9.93. The number of methoxy groups -OCH3 is 2. The van der Waals surface area contributed by atoms with Gasteiger partial charge in [0.1, 0.15) is 17.9 Å². The van der Waals surface area contributed by atoms with E-state index in [9.17, 15) is 32.3 Å². The van der Waals surface area contributed by atoms with Gasteiger partial charge in [-0.25, -0.2) is 4.79 Å². The Morgan fingerprint density at radius 2 is 1.72 bits per heavy atom. The number of Topliss-reactive ketones (excluding diaryl/α,β-unsaturated/α-hetero) is 1. The maximum absolute atomic E-state index is 13.7. The minimum absolute atomic E-state index is 0.385. The normalized spacial score (nSPS) is 15.1. The molecule has 0 spiro atoms. The Morgan fingerprint density at radius 1 is 1.10 bits per heavy atom. The number of aromatic nitrogens is 1. The number of carbonyl (C=O) groups is 3. The summed E-state index contributed by atoms with van der Waals surface area (Å²) in [7, 11) is 2.03. The molecule has 160 valence electrons. The van der Waals surface area contributed by atoms with Gasteiger partial charge in [-0.05, 0) is 18.9 Å². The molecule has 1 heterocycles. The number of alkyl halides is 3. The van der Waals surface area contributed by atoms with Crippen LogP contribution in [0.1, 0.15) is 66.2 Å². The lowest BCUT2D eigenvalue weighted by Gasteiger charge is -2.28. The van der Waals surface area contributed by atoms with E-state index < -0.39 is 65.2 Å². The summed E-state index contributed by atoms with van der Waals surface area (Å²) in [5.41, 5.74) is -3.36. The molecule has 1 aromatic heterocycles. The molecule has 0 radical (unpaired) electrons. The largest absolute Gasteiger partial charge is 0.469 e. The third-order valence-electron chi connectivity index (χ3n) is 4.92. The maximum atomic E-state index is 13.7. The molecule has 0 atom stereocenters. The first kappa shape index (κ1) is 22.6. The fourth-order valence-electron chi connectivity index (χ4n) is 3.54. The highest BCUT2D eigenvalue weighted by molar-refractivity contribution is 5.98. The van der Waals surface area contributed by atoms with Gasteiger partial charge < -0.3 is 14.0 Å². The van der Waals surface area contributed by atoms with Gasteiger partial charge >= 0.3 is 18.1 Å². The van der Waals surface area contributed by atoms with Gasteiger partial charge in [-0.2, -0.15) is 13.2 Å². The molecule has 0 aliphatic heterocycles. The number of carbonyl (C=O) groups excluding carboxylic acids is 3. The van der Waals surface area contributed by atoms with Crippen LogP contribution in [-0.2, 0) is 31.7 Å². The minimum Gasteiger partial charge on any atom is -0.469 e. The monoisotopic (exact) mass is 417 g/mol. The molecule has 1 saturated carbocycles. The van der Waals surface area contributed by atoms with E-state index in [1.54, 1.807) is 0 Å². The molecule has 0 saturated heterocycles. The van der Waals surface area contributed by atoms with Gasteiger partial charge in [-0.15, -0.1) is 0 Å². The smallest absolute Gasteiger partial charge is 0.431 e. The van der Waals surface area contributed by atoms with Gasteiger partial charge in [-0.1, -0.05) is 19.3 Å². The van der Waals surface area contributed by atoms with Crippen molar-refractivity contribution in [2.45, 2.75) is 57.2 Å². The number of halogens is 3. The number of hydrogen-bond acceptors (Lipinski definition) is 6. The first-order valence-electron chi connectivity index (χ1n) is 9.12. The van der Waals surface area contributed by atoms with Crippen LogP contribution >= 0.6 is 0 Å². The summed E-state index contributed by atoms with van der Waals surface area (Å²) in [5.74, 6) is -2.77. The van der Waals surface area contributed by atoms with Crippen LogP contribution in [0.2, 0.25) is 0 Å². The second-order valence-electron chi connectivity index (χ2n) is 6.85. The van der Waals surface area contributed by atoms with Gasteiger partial charge in [0.25, 0.3) is 5.56 Å². The van der Waals surface area contributed by atoms with E-state index in [0.717, 1.165) is 20.6 Å². The molecule has 10 heteroatoms. The van der Waals surface area contributed by atoms with Crippen LogP contribution in [0.3, 0.4) is 0 Å². The summed E-state index contributed by atoms with van der Waals surface area (Å²) in [6.45, 7) is 0. The fraction of sp³-hybridized carbons (Fsp3) is 0.579. The molecule has 0 N–H and O–H groups in total. The van der Waals surface area contributed by atoms with Crippen LogP contribution in [0.5, 0.6) is 0 Å². The van der Waals surface area contributed by atoms with Crippen molar-refractivity contribution in [3.8, 4) is 0 Å². The molecular weight excluding hydrogens is 395 g/mol. The zero-order chi connectivity index (χ0) is 21.8. The van der Waals surface area contributed by atoms with E-state index in [4.69, 9.17) is 0 Å². The summed E-state index contributed by atoms with van der Waals surface area (Å²) in [4.78, 5) is 48.6. The Balaban J connectivity index is 2.66. The van der Waals surface area contributed by atoms with Crippen molar-refractivity contribution in [2.75, 3.05) is 14.2 Å². The van der Waals surface area contributed by atoms with Gasteiger partial charge in [0, 0.05) is 18.0 Å². The number of ether oxygens (including phenoxy) is 2. The molecule has 0 aromatic carbocycles. The molecule has 0 unspecified atom stereocenters. The SMILES string of the molecule is COC(=O)CC(=O)Cc1c(C(=O)OC)cc(C(F)(F)F)n(C2CCCCC2)c1=O. The molecular formula is C19H22F3NO6. The summed E-state index contributed by atoms with van der Waals surface area (Å²) < 4.78 is 50.7. The van der Waals surface area contributed by atoms with Crippen LogP contribution in [0.15, 0.2) is 10.9 Å². The molecule has 0 amide bonds. The first-order valence-corrected chi connectivity index (χ1v) is 9.12. The number of rotatable bonds is 6. The second-order valence-corrected chi connectivity index (χ2v) is 6.85. The van der Waals surface area contributed by atoms with Crippen LogP contribution in [0.25, 0.3) is 0 Å². The lowest BCUT2D eigenvalue weighted by Crippen LogP contribution is -2.37. The van der Waals surface area contributed by atoms with Crippen LogP contribution in [-0.4, -0.2) is 36.5 Å². The number of pyridine rings is 1. The van der Waals surface area contributed by atoms with Crippen molar-refractivity contribution < 1.29 is 37.0 Å². The van der Waals surface area contributed by atoms with Gasteiger partial charge in [-0.3, -0.25) is 14.4 Å². The molecule has 29 heavy (non-hydrogen) atoms. The Bertz CT molecular complexity index is 853. The average Bonchev–Trinajstić information content (AvgIpc) is 2.68.